The number of rotatable bonds is 17. The molecule has 0 spiro atoms. The summed E-state index contributed by atoms with van der Waals surface area (Å²) in [4.78, 5) is 22.2. The first kappa shape index (κ1) is 31.1. The Balaban J connectivity index is 1.52. The number of unbranched alkanes of at least 4 members (excludes halogenated alkanes) is 3. The van der Waals surface area contributed by atoms with E-state index >= 15 is 0 Å². The van der Waals surface area contributed by atoms with E-state index in [-0.39, 0.29) is 5.78 Å². The molecule has 5 nitrogen and oxygen atoms in total. The Morgan fingerprint density at radius 1 is 0.829 bits per heavy atom. The summed E-state index contributed by atoms with van der Waals surface area (Å²) in [7, 11) is 0. The Morgan fingerprint density at radius 2 is 1.66 bits per heavy atom. The average Bonchev–Trinajstić information content (AvgIpc) is 3.01. The van der Waals surface area contributed by atoms with E-state index < -0.39 is 18.1 Å². The van der Waals surface area contributed by atoms with Crippen LogP contribution < -0.4 is 7.06 Å². The van der Waals surface area contributed by atoms with Gasteiger partial charge in [-0.2, -0.15) is 0 Å². The van der Waals surface area contributed by atoms with Crippen molar-refractivity contribution in [3.8, 4) is 11.5 Å². The Labute approximate surface area is 254 Å². The van der Waals surface area contributed by atoms with Crippen molar-refractivity contribution in [3.63, 3.8) is 0 Å². The van der Waals surface area contributed by atoms with Gasteiger partial charge in [-0.1, -0.05) is 0 Å². The maximum atomic E-state index is 12.9. The normalized spacial score (nSPS) is 12.8. The molecule has 2 atom stereocenters. The first-order valence-corrected chi connectivity index (χ1v) is 17.5. The van der Waals surface area contributed by atoms with Crippen molar-refractivity contribution in [2.24, 2.45) is 5.92 Å². The van der Waals surface area contributed by atoms with E-state index in [2.05, 4.69) is 50.9 Å². The summed E-state index contributed by atoms with van der Waals surface area (Å²) < 4.78 is 12.9. The van der Waals surface area contributed by atoms with E-state index in [1.165, 1.54) is 37.7 Å². The molecule has 1 radical (unpaired) electrons. The van der Waals surface area contributed by atoms with Crippen molar-refractivity contribution in [3.05, 3.63) is 72.1 Å². The van der Waals surface area contributed by atoms with Gasteiger partial charge in [0.1, 0.15) is 0 Å². The van der Waals surface area contributed by atoms with Crippen LogP contribution in [0.5, 0.6) is 11.5 Å². The Bertz CT molecular complexity index is 1420. The number of para-hydroxylation sites is 1. The second-order valence-corrected chi connectivity index (χ2v) is 12.6. The van der Waals surface area contributed by atoms with Gasteiger partial charge in [-0.25, -0.2) is 0 Å². The number of ketones is 1. The SMILES string of the molecule is CCCCCC(=O)c1ccnc2c([O][Ga][O]c3c(C(C)CCC(CC)CCCC)ccc4cccnc34)cccc12. The van der Waals surface area contributed by atoms with Gasteiger partial charge in [0.2, 0.25) is 0 Å². The molecule has 0 aliphatic heterocycles. The standard InChI is InChI=1S/C20H29NO.C15H17NO2.Ga/c1-4-6-8-16(5-2)11-10-15(3)18-13-12-17-9-7-14-21-19(17)20(18)22;1-2-3-4-7-13(17)11-9-10-16-15-12(11)6-5-8-14(15)18;/h7,9,12-16,22H,4-6,8,10-11H2,1-3H3;5-6,8-10,18H,2-4,7H2,1H3;/q;;+2/p-2. The summed E-state index contributed by atoms with van der Waals surface area (Å²) in [6.07, 6.45) is 14.7. The third-order valence-electron chi connectivity index (χ3n) is 8.22. The minimum absolute atomic E-state index is 0.165. The van der Waals surface area contributed by atoms with Crippen molar-refractivity contribution in [2.45, 2.75) is 97.8 Å². The first-order chi connectivity index (χ1) is 20.1. The third-order valence-corrected chi connectivity index (χ3v) is 9.65. The molecule has 2 heterocycles. The van der Waals surface area contributed by atoms with Crippen LogP contribution in [0.1, 0.15) is 114 Å². The van der Waals surface area contributed by atoms with E-state index in [1.54, 1.807) is 6.20 Å². The van der Waals surface area contributed by atoms with E-state index in [1.807, 2.05) is 36.5 Å². The van der Waals surface area contributed by atoms with Gasteiger partial charge in [0.25, 0.3) is 0 Å². The van der Waals surface area contributed by atoms with Crippen molar-refractivity contribution in [1.82, 2.24) is 9.97 Å². The molecule has 0 amide bonds. The fourth-order valence-corrected chi connectivity index (χ4v) is 7.05. The number of benzene rings is 2. The molecular weight excluding hydrogens is 566 g/mol. The van der Waals surface area contributed by atoms with Gasteiger partial charge in [0.05, 0.1) is 0 Å². The zero-order chi connectivity index (χ0) is 29.0. The topological polar surface area (TPSA) is 61.3 Å². The zero-order valence-corrected chi connectivity index (χ0v) is 27.6. The summed E-state index contributed by atoms with van der Waals surface area (Å²) in [6.45, 7) is 9.05. The molecule has 0 N–H and O–H groups in total. The number of pyridine rings is 2. The molecule has 0 fully saturated rings. The molecule has 41 heavy (non-hydrogen) atoms. The molecule has 0 aliphatic carbocycles. The van der Waals surface area contributed by atoms with Crippen molar-refractivity contribution >= 4 is 45.7 Å². The zero-order valence-electron chi connectivity index (χ0n) is 25.2. The molecule has 0 aliphatic rings. The summed E-state index contributed by atoms with van der Waals surface area (Å²) >= 11 is -1.66. The number of hydrogen-bond acceptors (Lipinski definition) is 5. The fraction of sp³-hybridized carbons (Fsp3) is 0.457. The fourth-order valence-electron chi connectivity index (χ4n) is 5.61. The number of nitrogens with zero attached hydrogens (tertiary/aromatic N) is 2. The number of hydrogen-bond donors (Lipinski definition) is 0. The van der Waals surface area contributed by atoms with Crippen molar-refractivity contribution in [1.29, 1.82) is 0 Å². The number of carbonyl (C=O) groups is 1. The van der Waals surface area contributed by atoms with Gasteiger partial charge >= 0.3 is 255 Å². The van der Waals surface area contributed by atoms with Gasteiger partial charge in [-0.3, -0.25) is 0 Å². The molecule has 215 valence electrons. The molecule has 2 aromatic heterocycles. The van der Waals surface area contributed by atoms with Crippen LogP contribution in [0.25, 0.3) is 21.8 Å². The molecule has 4 rings (SSSR count). The minimum atomic E-state index is -1.66. The van der Waals surface area contributed by atoms with Crippen LogP contribution in [-0.2, 0) is 0 Å². The summed E-state index contributed by atoms with van der Waals surface area (Å²) in [5.41, 5.74) is 3.54. The van der Waals surface area contributed by atoms with Gasteiger partial charge in [-0.15, -0.1) is 0 Å². The molecule has 0 bridgehead atoms. The molecule has 0 saturated carbocycles. The number of Topliss-reactive ketones (excluding diaryl/α,β-unsaturated/α-hetero) is 1. The second-order valence-electron chi connectivity index (χ2n) is 11.2. The number of aromatic nitrogens is 2. The Morgan fingerprint density at radius 3 is 2.46 bits per heavy atom. The Kier molecular flexibility index (Phi) is 12.1. The van der Waals surface area contributed by atoms with Crippen LogP contribution >= 0.6 is 0 Å². The third kappa shape index (κ3) is 8.14. The summed E-state index contributed by atoms with van der Waals surface area (Å²) in [5, 5.41) is 1.92. The predicted octanol–water partition coefficient (Wildman–Crippen LogP) is 9.64. The van der Waals surface area contributed by atoms with Crippen LogP contribution in [0.2, 0.25) is 0 Å². The van der Waals surface area contributed by atoms with Crippen LogP contribution in [0.3, 0.4) is 0 Å². The molecule has 6 heteroatoms. The van der Waals surface area contributed by atoms with E-state index in [4.69, 9.17) is 12.0 Å². The van der Waals surface area contributed by atoms with Gasteiger partial charge in [-0.05, 0) is 0 Å². The number of fused-ring (bicyclic) bond motifs is 2. The molecule has 0 saturated heterocycles. The van der Waals surface area contributed by atoms with Gasteiger partial charge in [0, 0.05) is 0 Å². The van der Waals surface area contributed by atoms with E-state index in [0.29, 0.717) is 18.1 Å². The van der Waals surface area contributed by atoms with Crippen LogP contribution in [0, 0.1) is 5.92 Å². The summed E-state index contributed by atoms with van der Waals surface area (Å²) in [5.74, 6) is 2.84. The monoisotopic (exact) mass is 609 g/mol. The van der Waals surface area contributed by atoms with E-state index in [9.17, 15) is 4.79 Å². The second kappa shape index (κ2) is 16.0. The first-order valence-electron chi connectivity index (χ1n) is 15.5. The molecule has 2 aromatic carbocycles. The maximum absolute atomic E-state index is 12.9. The summed E-state index contributed by atoms with van der Waals surface area (Å²) in [6, 6.07) is 16.1. The molecular formula is C35H44GaN2O3. The van der Waals surface area contributed by atoms with Crippen molar-refractivity contribution < 1.29 is 11.9 Å². The number of carbonyl (C=O) groups excluding carboxylic acids is 1. The van der Waals surface area contributed by atoms with E-state index in [0.717, 1.165) is 64.7 Å². The van der Waals surface area contributed by atoms with Crippen LogP contribution in [0.4, 0.5) is 0 Å². The van der Waals surface area contributed by atoms with Crippen molar-refractivity contribution in [2.75, 3.05) is 0 Å². The Hall–Kier alpha value is -2.83. The average molecular weight is 610 g/mol. The molecule has 4 aromatic rings. The predicted molar refractivity (Wildman–Crippen MR) is 170 cm³/mol. The molecule has 2 unspecified atom stereocenters. The quantitative estimate of drug-likeness (QED) is 0.0677. The van der Waals surface area contributed by atoms with Gasteiger partial charge in [0.15, 0.2) is 0 Å². The van der Waals surface area contributed by atoms with Crippen LogP contribution in [0.15, 0.2) is 60.9 Å². The van der Waals surface area contributed by atoms with Gasteiger partial charge < -0.3 is 0 Å². The van der Waals surface area contributed by atoms with Crippen LogP contribution in [-0.4, -0.2) is 33.9 Å².